The first-order chi connectivity index (χ1) is 10.1. The molecule has 0 saturated carbocycles. The van der Waals surface area contributed by atoms with Crippen molar-refractivity contribution in [2.45, 2.75) is 16.1 Å². The molecule has 122 valence electrons. The molecule has 10 heteroatoms. The van der Waals surface area contributed by atoms with Crippen molar-refractivity contribution in [2.75, 3.05) is 14.2 Å². The van der Waals surface area contributed by atoms with Crippen LogP contribution in [0.5, 0.6) is 5.75 Å². The van der Waals surface area contributed by atoms with Gasteiger partial charge in [0.1, 0.15) is 5.75 Å². The van der Waals surface area contributed by atoms with E-state index in [9.17, 15) is 14.5 Å². The number of hydrogen-bond donors (Lipinski definition) is 1. The third-order valence-electron chi connectivity index (χ3n) is 3.35. The van der Waals surface area contributed by atoms with Gasteiger partial charge in [-0.3, -0.25) is 9.36 Å². The lowest BCUT2D eigenvalue weighted by atomic mass is 10.1. The molecule has 0 fully saturated rings. The number of phenolic OH excluding ortho intramolecular Hbond substituents is 1. The van der Waals surface area contributed by atoms with Crippen LogP contribution in [0.2, 0.25) is 0 Å². The second-order valence-corrected chi connectivity index (χ2v) is 9.17. The fourth-order valence-corrected chi connectivity index (χ4v) is 4.37. The summed E-state index contributed by atoms with van der Waals surface area (Å²) in [6.45, 7) is 0.0118. The normalized spacial score (nSPS) is 18.4. The van der Waals surface area contributed by atoms with E-state index in [1.165, 1.54) is 32.4 Å². The van der Waals surface area contributed by atoms with Crippen molar-refractivity contribution in [3.63, 3.8) is 0 Å². The zero-order valence-corrected chi connectivity index (χ0v) is 14.8. The SMILES string of the molecule is COP(=O)(OC)C1c2ccc(O)cc2CN1C(=O)C(Cl)(Cl)Cl. The Hall–Kier alpha value is -0.490. The van der Waals surface area contributed by atoms with Crippen molar-refractivity contribution in [1.29, 1.82) is 0 Å². The molecule has 1 aliphatic rings. The van der Waals surface area contributed by atoms with Crippen LogP contribution < -0.4 is 0 Å². The van der Waals surface area contributed by atoms with Gasteiger partial charge in [-0.05, 0) is 23.3 Å². The largest absolute Gasteiger partial charge is 0.508 e. The summed E-state index contributed by atoms with van der Waals surface area (Å²) in [6, 6.07) is 4.39. The van der Waals surface area contributed by atoms with Gasteiger partial charge in [0.15, 0.2) is 5.78 Å². The number of rotatable bonds is 3. The monoisotopic (exact) mass is 387 g/mol. The highest BCUT2D eigenvalue weighted by molar-refractivity contribution is 7.54. The Kier molecular flexibility index (Phi) is 5.03. The number of hydrogen-bond acceptors (Lipinski definition) is 5. The van der Waals surface area contributed by atoms with Crippen molar-refractivity contribution >= 4 is 48.3 Å². The van der Waals surface area contributed by atoms with Gasteiger partial charge < -0.3 is 19.1 Å². The third kappa shape index (κ3) is 3.09. The number of amides is 1. The molecule has 1 atom stereocenters. The molecule has 1 N–H and O–H groups in total. The van der Waals surface area contributed by atoms with Crippen LogP contribution in [-0.4, -0.2) is 33.9 Å². The Morgan fingerprint density at radius 3 is 2.45 bits per heavy atom. The standard InChI is InChI=1S/C12H13Cl3NO5P/c1-20-22(19,21-2)10-9-4-3-8(17)5-7(9)6-16(10)11(18)12(13,14)15/h3-5,10,17H,6H2,1-2H3. The van der Waals surface area contributed by atoms with Crippen LogP contribution in [0.3, 0.4) is 0 Å². The van der Waals surface area contributed by atoms with Gasteiger partial charge in [0, 0.05) is 20.8 Å². The van der Waals surface area contributed by atoms with Crippen molar-refractivity contribution in [3.8, 4) is 5.75 Å². The van der Waals surface area contributed by atoms with Crippen LogP contribution >= 0.6 is 42.4 Å². The van der Waals surface area contributed by atoms with Gasteiger partial charge in [0.2, 0.25) is 0 Å². The molecular formula is C12H13Cl3NO5P. The number of carbonyl (C=O) groups excluding carboxylic acids is 1. The second kappa shape index (κ2) is 6.19. The van der Waals surface area contributed by atoms with Crippen LogP contribution in [0.1, 0.15) is 16.9 Å². The molecule has 1 amide bonds. The van der Waals surface area contributed by atoms with Crippen LogP contribution in [0.25, 0.3) is 0 Å². The maximum absolute atomic E-state index is 12.8. The van der Waals surface area contributed by atoms with Gasteiger partial charge in [-0.25, -0.2) is 0 Å². The zero-order valence-electron chi connectivity index (χ0n) is 11.6. The average Bonchev–Trinajstić information content (AvgIpc) is 2.83. The highest BCUT2D eigenvalue weighted by Crippen LogP contribution is 2.64. The summed E-state index contributed by atoms with van der Waals surface area (Å²) in [5, 5.41) is 9.57. The van der Waals surface area contributed by atoms with Crippen molar-refractivity contribution in [2.24, 2.45) is 0 Å². The molecule has 1 aromatic carbocycles. The number of fused-ring (bicyclic) bond motifs is 1. The third-order valence-corrected chi connectivity index (χ3v) is 6.01. The summed E-state index contributed by atoms with van der Waals surface area (Å²) in [5.41, 5.74) is 1.08. The molecule has 6 nitrogen and oxygen atoms in total. The summed E-state index contributed by atoms with van der Waals surface area (Å²) >= 11 is 17.0. The fraction of sp³-hybridized carbons (Fsp3) is 0.417. The first kappa shape index (κ1) is 17.9. The average molecular weight is 389 g/mol. The minimum Gasteiger partial charge on any atom is -0.508 e. The Morgan fingerprint density at radius 1 is 1.36 bits per heavy atom. The molecule has 1 unspecified atom stereocenters. The highest BCUT2D eigenvalue weighted by Gasteiger charge is 2.51. The summed E-state index contributed by atoms with van der Waals surface area (Å²) in [4.78, 5) is 13.5. The molecule has 2 rings (SSSR count). The molecular weight excluding hydrogens is 375 g/mol. The van der Waals surface area contributed by atoms with Gasteiger partial charge in [-0.1, -0.05) is 40.9 Å². The van der Waals surface area contributed by atoms with Gasteiger partial charge in [0.05, 0.1) is 0 Å². The van der Waals surface area contributed by atoms with E-state index in [0.29, 0.717) is 11.1 Å². The van der Waals surface area contributed by atoms with Gasteiger partial charge in [-0.15, -0.1) is 0 Å². The number of benzene rings is 1. The number of carbonyl (C=O) groups is 1. The number of alkyl halides is 3. The first-order valence-electron chi connectivity index (χ1n) is 6.05. The summed E-state index contributed by atoms with van der Waals surface area (Å²) in [7, 11) is -1.29. The van der Waals surface area contributed by atoms with E-state index in [4.69, 9.17) is 43.9 Å². The molecule has 0 radical (unpaired) electrons. The lowest BCUT2D eigenvalue weighted by Gasteiger charge is -2.31. The van der Waals surface area contributed by atoms with E-state index >= 15 is 0 Å². The van der Waals surface area contributed by atoms with E-state index < -0.39 is 23.1 Å². The molecule has 0 bridgehead atoms. The molecule has 0 saturated heterocycles. The highest BCUT2D eigenvalue weighted by atomic mass is 35.6. The van der Waals surface area contributed by atoms with Gasteiger partial charge >= 0.3 is 7.60 Å². The molecule has 0 spiro atoms. The summed E-state index contributed by atoms with van der Waals surface area (Å²) in [5.74, 6) is -1.90. The molecule has 1 aliphatic heterocycles. The number of aromatic hydroxyl groups is 1. The Labute approximate surface area is 142 Å². The van der Waals surface area contributed by atoms with E-state index in [-0.39, 0.29) is 12.3 Å². The number of nitrogens with zero attached hydrogens (tertiary/aromatic N) is 1. The smallest absolute Gasteiger partial charge is 0.357 e. The van der Waals surface area contributed by atoms with Crippen molar-refractivity contribution in [1.82, 2.24) is 4.90 Å². The fourth-order valence-electron chi connectivity index (χ4n) is 2.38. The Balaban J connectivity index is 2.57. The number of phenols is 1. The Bertz CT molecular complexity index is 640. The molecule has 0 aliphatic carbocycles. The van der Waals surface area contributed by atoms with E-state index in [1.54, 1.807) is 0 Å². The maximum atomic E-state index is 12.8. The summed E-state index contributed by atoms with van der Waals surface area (Å²) < 4.78 is 20.6. The van der Waals surface area contributed by atoms with Crippen LogP contribution in [0.15, 0.2) is 18.2 Å². The predicted molar refractivity (Wildman–Crippen MR) is 83.3 cm³/mol. The van der Waals surface area contributed by atoms with Crippen molar-refractivity contribution < 1.29 is 23.5 Å². The zero-order chi connectivity index (χ0) is 16.7. The van der Waals surface area contributed by atoms with E-state index in [0.717, 1.165) is 4.90 Å². The minimum atomic E-state index is -3.71. The molecule has 1 heterocycles. The molecule has 22 heavy (non-hydrogen) atoms. The summed E-state index contributed by atoms with van der Waals surface area (Å²) in [6.07, 6.45) is 0. The maximum Gasteiger partial charge on any atom is 0.357 e. The topological polar surface area (TPSA) is 76.1 Å². The van der Waals surface area contributed by atoms with Crippen LogP contribution in [0, 0.1) is 0 Å². The quantitative estimate of drug-likeness (QED) is 0.632. The lowest BCUT2D eigenvalue weighted by molar-refractivity contribution is -0.131. The first-order valence-corrected chi connectivity index (χ1v) is 8.79. The Morgan fingerprint density at radius 2 is 1.95 bits per heavy atom. The lowest BCUT2D eigenvalue weighted by Crippen LogP contribution is -2.38. The van der Waals surface area contributed by atoms with E-state index in [2.05, 4.69) is 0 Å². The number of halogens is 3. The molecule has 1 aromatic rings. The van der Waals surface area contributed by atoms with Crippen molar-refractivity contribution in [3.05, 3.63) is 29.3 Å². The predicted octanol–water partition coefficient (Wildman–Crippen LogP) is 3.59. The van der Waals surface area contributed by atoms with Crippen LogP contribution in [-0.2, 0) is 25.0 Å². The van der Waals surface area contributed by atoms with E-state index in [1.807, 2.05) is 0 Å². The van der Waals surface area contributed by atoms with Crippen LogP contribution in [0.4, 0.5) is 0 Å². The second-order valence-electron chi connectivity index (χ2n) is 4.59. The molecule has 0 aromatic heterocycles. The van der Waals surface area contributed by atoms with Gasteiger partial charge in [0.25, 0.3) is 9.70 Å². The van der Waals surface area contributed by atoms with Gasteiger partial charge in [-0.2, -0.15) is 0 Å². The minimum absolute atomic E-state index is 0.00495.